The minimum absolute atomic E-state index is 0. The fraction of sp³-hybridized carbons (Fsp3) is 0.455. The monoisotopic (exact) mass is 292 g/mol. The lowest BCUT2D eigenvalue weighted by atomic mass is 10.2. The van der Waals surface area contributed by atoms with E-state index in [1.165, 1.54) is 12.3 Å². The Kier molecular flexibility index (Phi) is 5.81. The molecule has 1 N–H and O–H groups in total. The number of hydrogen-bond acceptors (Lipinski definition) is 4. The lowest BCUT2D eigenvalue weighted by Gasteiger charge is -2.26. The molecule has 0 saturated carbocycles. The lowest BCUT2D eigenvalue weighted by Crippen LogP contribution is -2.35. The molecule has 100 valence electrons. The Balaban J connectivity index is 0.00000162. The maximum atomic E-state index is 10.9. The van der Waals surface area contributed by atoms with E-state index in [9.17, 15) is 4.79 Å². The lowest BCUT2D eigenvalue weighted by molar-refractivity contribution is 0.0336. The summed E-state index contributed by atoms with van der Waals surface area (Å²) in [5.74, 6) is -1.03. The number of hydrogen-bond donors (Lipinski definition) is 1. The van der Waals surface area contributed by atoms with Crippen LogP contribution in [0.25, 0.3) is 0 Å². The number of carboxylic acids is 1. The Morgan fingerprint density at radius 2 is 2.17 bits per heavy atom. The zero-order valence-electron chi connectivity index (χ0n) is 9.63. The molecule has 18 heavy (non-hydrogen) atoms. The number of ether oxygens (including phenoxy) is 1. The molecule has 0 atom stereocenters. The Morgan fingerprint density at radius 1 is 1.50 bits per heavy atom. The van der Waals surface area contributed by atoms with Crippen molar-refractivity contribution >= 4 is 30.0 Å². The van der Waals surface area contributed by atoms with Crippen molar-refractivity contribution in [3.63, 3.8) is 0 Å². The number of nitrogens with zero attached hydrogens (tertiary/aromatic N) is 2. The van der Waals surface area contributed by atoms with Gasteiger partial charge in [0, 0.05) is 25.8 Å². The predicted octanol–water partition coefficient (Wildman–Crippen LogP) is 1.69. The van der Waals surface area contributed by atoms with E-state index in [0.29, 0.717) is 25.5 Å². The van der Waals surface area contributed by atoms with Gasteiger partial charge in [-0.25, -0.2) is 4.79 Å². The van der Waals surface area contributed by atoms with Crippen LogP contribution in [0, 0.1) is 0 Å². The summed E-state index contributed by atoms with van der Waals surface area (Å²) in [6.45, 7) is 3.72. The Hall–Kier alpha value is -0.880. The summed E-state index contributed by atoms with van der Waals surface area (Å²) >= 11 is 5.76. The largest absolute Gasteiger partial charge is 0.478 e. The van der Waals surface area contributed by atoms with Crippen LogP contribution in [0.4, 0.5) is 0 Å². The molecule has 0 radical (unpaired) electrons. The van der Waals surface area contributed by atoms with E-state index in [1.807, 2.05) is 0 Å². The average molecular weight is 293 g/mol. The van der Waals surface area contributed by atoms with Crippen molar-refractivity contribution in [2.75, 3.05) is 26.3 Å². The molecule has 0 amide bonds. The first-order valence-electron chi connectivity index (χ1n) is 5.34. The number of carbonyl (C=O) groups is 1. The van der Waals surface area contributed by atoms with Gasteiger partial charge in [-0.2, -0.15) is 0 Å². The molecule has 0 aromatic carbocycles. The van der Waals surface area contributed by atoms with Crippen LogP contribution in [0.5, 0.6) is 0 Å². The van der Waals surface area contributed by atoms with Gasteiger partial charge >= 0.3 is 5.97 Å². The number of aromatic carboxylic acids is 1. The molecule has 7 heteroatoms. The third kappa shape index (κ3) is 3.81. The van der Waals surface area contributed by atoms with Crippen LogP contribution in [-0.4, -0.2) is 47.3 Å². The van der Waals surface area contributed by atoms with Crippen molar-refractivity contribution in [2.24, 2.45) is 0 Å². The van der Waals surface area contributed by atoms with E-state index in [0.717, 1.165) is 13.1 Å². The minimum atomic E-state index is -1.03. The number of pyridine rings is 1. The quantitative estimate of drug-likeness (QED) is 0.918. The summed E-state index contributed by atoms with van der Waals surface area (Å²) in [5.41, 5.74) is 0.818. The van der Waals surface area contributed by atoms with Gasteiger partial charge in [0.2, 0.25) is 0 Å². The molecule has 0 unspecified atom stereocenters. The summed E-state index contributed by atoms with van der Waals surface area (Å²) in [4.78, 5) is 17.2. The third-order valence-electron chi connectivity index (χ3n) is 2.63. The highest BCUT2D eigenvalue weighted by Crippen LogP contribution is 2.16. The van der Waals surface area contributed by atoms with Gasteiger partial charge in [-0.1, -0.05) is 11.6 Å². The van der Waals surface area contributed by atoms with Crippen LogP contribution < -0.4 is 0 Å². The molecule has 2 rings (SSSR count). The van der Waals surface area contributed by atoms with Crippen LogP contribution in [0.2, 0.25) is 5.02 Å². The van der Waals surface area contributed by atoms with Gasteiger partial charge in [0.05, 0.1) is 29.5 Å². The summed E-state index contributed by atoms with van der Waals surface area (Å²) in [6, 6.07) is 1.53. The predicted molar refractivity (Wildman–Crippen MR) is 69.6 cm³/mol. The maximum absolute atomic E-state index is 10.9. The normalized spacial score (nSPS) is 16.1. The molecular weight excluding hydrogens is 279 g/mol. The summed E-state index contributed by atoms with van der Waals surface area (Å²) in [7, 11) is 0. The molecule has 0 aliphatic carbocycles. The topological polar surface area (TPSA) is 62.7 Å². The first-order chi connectivity index (χ1) is 8.16. The fourth-order valence-corrected chi connectivity index (χ4v) is 1.90. The van der Waals surface area contributed by atoms with Crippen LogP contribution >= 0.6 is 24.0 Å². The number of morpholine rings is 1. The molecule has 5 nitrogen and oxygen atoms in total. The highest BCUT2D eigenvalue weighted by atomic mass is 35.5. The van der Waals surface area contributed by atoms with Gasteiger partial charge in [0.25, 0.3) is 0 Å². The van der Waals surface area contributed by atoms with E-state index in [1.54, 1.807) is 0 Å². The first kappa shape index (κ1) is 15.2. The smallest absolute Gasteiger partial charge is 0.337 e. The molecule has 1 aromatic heterocycles. The van der Waals surface area contributed by atoms with Crippen LogP contribution in [0.1, 0.15) is 16.1 Å². The number of halogens is 2. The Morgan fingerprint density at radius 3 is 2.78 bits per heavy atom. The Labute approximate surface area is 116 Å². The fourth-order valence-electron chi connectivity index (χ4n) is 1.72. The van der Waals surface area contributed by atoms with Crippen molar-refractivity contribution in [3.8, 4) is 0 Å². The standard InChI is InChI=1S/C11H13ClN2O3.ClH/c12-10-6-13-8(5-9(10)11(15)16)7-14-1-3-17-4-2-14;/h5-6H,1-4,7H2,(H,15,16);1H. The summed E-state index contributed by atoms with van der Waals surface area (Å²) < 4.78 is 5.24. The molecule has 0 bridgehead atoms. The molecule has 1 aliphatic rings. The van der Waals surface area contributed by atoms with Gasteiger partial charge in [0.1, 0.15) is 0 Å². The van der Waals surface area contributed by atoms with E-state index in [-0.39, 0.29) is 23.0 Å². The van der Waals surface area contributed by atoms with Crippen LogP contribution in [0.15, 0.2) is 12.3 Å². The number of rotatable bonds is 3. The average Bonchev–Trinajstić information content (AvgIpc) is 2.32. The third-order valence-corrected chi connectivity index (χ3v) is 2.93. The first-order valence-corrected chi connectivity index (χ1v) is 5.72. The molecule has 1 saturated heterocycles. The highest BCUT2D eigenvalue weighted by Gasteiger charge is 2.14. The van der Waals surface area contributed by atoms with Crippen LogP contribution in [0.3, 0.4) is 0 Å². The number of aromatic nitrogens is 1. The second-order valence-electron chi connectivity index (χ2n) is 3.85. The van der Waals surface area contributed by atoms with Crippen molar-refractivity contribution in [3.05, 3.63) is 28.5 Å². The van der Waals surface area contributed by atoms with E-state index >= 15 is 0 Å². The van der Waals surface area contributed by atoms with E-state index < -0.39 is 5.97 Å². The molecular formula is C11H14Cl2N2O3. The van der Waals surface area contributed by atoms with E-state index in [4.69, 9.17) is 21.4 Å². The Bertz CT molecular complexity index is 423. The highest BCUT2D eigenvalue weighted by molar-refractivity contribution is 6.33. The molecule has 0 spiro atoms. The SMILES string of the molecule is Cl.O=C(O)c1cc(CN2CCOCC2)ncc1Cl. The maximum Gasteiger partial charge on any atom is 0.337 e. The van der Waals surface area contributed by atoms with Gasteiger partial charge in [-0.05, 0) is 6.07 Å². The van der Waals surface area contributed by atoms with E-state index in [2.05, 4.69) is 9.88 Å². The second kappa shape index (κ2) is 6.89. The van der Waals surface area contributed by atoms with Crippen molar-refractivity contribution in [1.82, 2.24) is 9.88 Å². The molecule has 1 fully saturated rings. The summed E-state index contributed by atoms with van der Waals surface area (Å²) in [5, 5.41) is 9.12. The second-order valence-corrected chi connectivity index (χ2v) is 4.26. The van der Waals surface area contributed by atoms with Gasteiger partial charge in [0.15, 0.2) is 0 Å². The van der Waals surface area contributed by atoms with Crippen LogP contribution in [-0.2, 0) is 11.3 Å². The zero-order chi connectivity index (χ0) is 12.3. The molecule has 1 aliphatic heterocycles. The van der Waals surface area contributed by atoms with Gasteiger partial charge in [-0.15, -0.1) is 12.4 Å². The number of carboxylic acid groups (broad SMARTS) is 1. The van der Waals surface area contributed by atoms with Crippen molar-refractivity contribution in [1.29, 1.82) is 0 Å². The summed E-state index contributed by atoms with van der Waals surface area (Å²) in [6.07, 6.45) is 1.39. The minimum Gasteiger partial charge on any atom is -0.478 e. The molecule has 2 heterocycles. The zero-order valence-corrected chi connectivity index (χ0v) is 11.2. The van der Waals surface area contributed by atoms with Gasteiger partial charge in [-0.3, -0.25) is 9.88 Å². The molecule has 1 aromatic rings. The van der Waals surface area contributed by atoms with Crippen molar-refractivity contribution < 1.29 is 14.6 Å². The van der Waals surface area contributed by atoms with Gasteiger partial charge < -0.3 is 9.84 Å². The van der Waals surface area contributed by atoms with Crippen molar-refractivity contribution in [2.45, 2.75) is 6.54 Å².